The summed E-state index contributed by atoms with van der Waals surface area (Å²) in [6, 6.07) is 21.5. The minimum atomic E-state index is -0.182. The number of aryl methyl sites for hydroxylation is 1. The zero-order chi connectivity index (χ0) is 23.3. The van der Waals surface area contributed by atoms with Crippen LogP contribution in [0.15, 0.2) is 81.9 Å². The maximum Gasteiger partial charge on any atom is 0.290 e. The van der Waals surface area contributed by atoms with Gasteiger partial charge in [0.25, 0.3) is 5.91 Å². The van der Waals surface area contributed by atoms with Crippen LogP contribution in [0.2, 0.25) is 0 Å². The highest BCUT2D eigenvalue weighted by molar-refractivity contribution is 5.91. The van der Waals surface area contributed by atoms with E-state index in [2.05, 4.69) is 16.1 Å². The molecule has 0 radical (unpaired) electrons. The number of amides is 1. The molecule has 1 amide bonds. The molecule has 174 valence electrons. The van der Waals surface area contributed by atoms with Gasteiger partial charge in [0.15, 0.2) is 5.76 Å². The Morgan fingerprint density at radius 3 is 2.56 bits per heavy atom. The van der Waals surface area contributed by atoms with E-state index in [-0.39, 0.29) is 5.91 Å². The number of nitrogens with zero attached hydrogens (tertiary/aromatic N) is 3. The molecule has 0 N–H and O–H groups in total. The Hall–Kier alpha value is -3.84. The summed E-state index contributed by atoms with van der Waals surface area (Å²) in [6.45, 7) is 5.47. The van der Waals surface area contributed by atoms with Crippen molar-refractivity contribution in [2.24, 2.45) is 0 Å². The van der Waals surface area contributed by atoms with E-state index in [9.17, 15) is 4.79 Å². The van der Waals surface area contributed by atoms with Gasteiger partial charge in [0.2, 0.25) is 5.88 Å². The summed E-state index contributed by atoms with van der Waals surface area (Å²) in [5.74, 6) is 0.806. The number of hydrogen-bond donors (Lipinski definition) is 0. The van der Waals surface area contributed by atoms with Crippen LogP contribution < -0.4 is 4.90 Å². The molecule has 0 aliphatic carbocycles. The van der Waals surface area contributed by atoms with E-state index in [0.29, 0.717) is 51.0 Å². The third-order valence-electron chi connectivity index (χ3n) is 5.94. The van der Waals surface area contributed by atoms with Crippen molar-refractivity contribution in [3.8, 4) is 11.3 Å². The first-order valence-electron chi connectivity index (χ1n) is 11.4. The van der Waals surface area contributed by atoms with Gasteiger partial charge in [-0.25, -0.2) is 0 Å². The monoisotopic (exact) mass is 457 g/mol. The molecule has 2 aromatic heterocycles. The molecule has 0 atom stereocenters. The average molecular weight is 458 g/mol. The number of ether oxygens (including phenoxy) is 1. The first kappa shape index (κ1) is 22.0. The minimum absolute atomic E-state index is 0.182. The van der Waals surface area contributed by atoms with Crippen molar-refractivity contribution in [1.82, 2.24) is 10.1 Å². The second-order valence-corrected chi connectivity index (χ2v) is 8.41. The molecule has 0 spiro atoms. The number of rotatable bonds is 7. The van der Waals surface area contributed by atoms with Crippen molar-refractivity contribution in [1.29, 1.82) is 0 Å². The molecule has 4 aromatic rings. The Balaban J connectivity index is 1.55. The van der Waals surface area contributed by atoms with Crippen molar-refractivity contribution in [3.05, 3.63) is 95.4 Å². The highest BCUT2D eigenvalue weighted by Crippen LogP contribution is 2.34. The molecule has 7 heteroatoms. The van der Waals surface area contributed by atoms with Crippen molar-refractivity contribution in [2.75, 3.05) is 31.2 Å². The number of morpholine rings is 1. The van der Waals surface area contributed by atoms with Gasteiger partial charge in [0, 0.05) is 25.2 Å². The van der Waals surface area contributed by atoms with E-state index in [1.54, 1.807) is 17.0 Å². The summed E-state index contributed by atoms with van der Waals surface area (Å²) >= 11 is 0. The molecule has 5 rings (SSSR count). The second kappa shape index (κ2) is 9.97. The van der Waals surface area contributed by atoms with Gasteiger partial charge in [-0.1, -0.05) is 59.3 Å². The quantitative estimate of drug-likeness (QED) is 0.392. The molecule has 0 bridgehead atoms. The number of carbonyl (C=O) groups is 1. The molecular weight excluding hydrogens is 430 g/mol. The lowest BCUT2D eigenvalue weighted by Gasteiger charge is -2.28. The van der Waals surface area contributed by atoms with E-state index in [0.717, 1.165) is 27.9 Å². The number of benzene rings is 2. The van der Waals surface area contributed by atoms with Gasteiger partial charge in [0.05, 0.1) is 31.6 Å². The highest BCUT2D eigenvalue weighted by Gasteiger charge is 2.28. The predicted molar refractivity (Wildman–Crippen MR) is 128 cm³/mol. The zero-order valence-electron chi connectivity index (χ0n) is 19.1. The predicted octanol–water partition coefficient (Wildman–Crippen LogP) is 4.92. The Labute approximate surface area is 198 Å². The van der Waals surface area contributed by atoms with Crippen molar-refractivity contribution in [2.45, 2.75) is 20.0 Å². The number of anilines is 1. The average Bonchev–Trinajstić information content (AvgIpc) is 3.55. The Morgan fingerprint density at radius 2 is 1.82 bits per heavy atom. The molecular formula is C27H27N3O4. The van der Waals surface area contributed by atoms with Crippen molar-refractivity contribution < 1.29 is 18.5 Å². The third kappa shape index (κ3) is 4.75. The molecule has 1 saturated heterocycles. The smallest absolute Gasteiger partial charge is 0.290 e. The van der Waals surface area contributed by atoms with Crippen LogP contribution in [0.25, 0.3) is 11.3 Å². The molecule has 1 aliphatic rings. The van der Waals surface area contributed by atoms with Gasteiger partial charge in [-0.05, 0) is 30.7 Å². The molecule has 3 heterocycles. The summed E-state index contributed by atoms with van der Waals surface area (Å²) in [5, 5.41) is 4.47. The topological polar surface area (TPSA) is 72.0 Å². The van der Waals surface area contributed by atoms with Crippen LogP contribution in [0.1, 0.15) is 27.2 Å². The highest BCUT2D eigenvalue weighted by atomic mass is 16.5. The largest absolute Gasteiger partial charge is 0.459 e. The summed E-state index contributed by atoms with van der Waals surface area (Å²) in [6.07, 6.45) is 1.52. The van der Waals surface area contributed by atoms with Crippen LogP contribution in [0.5, 0.6) is 0 Å². The summed E-state index contributed by atoms with van der Waals surface area (Å²) < 4.78 is 16.9. The number of aromatic nitrogens is 1. The summed E-state index contributed by atoms with van der Waals surface area (Å²) in [5.41, 5.74) is 4.75. The first-order chi connectivity index (χ1) is 16.7. The van der Waals surface area contributed by atoms with Crippen molar-refractivity contribution >= 4 is 11.8 Å². The fourth-order valence-corrected chi connectivity index (χ4v) is 4.23. The molecule has 0 unspecified atom stereocenters. The molecule has 1 fully saturated rings. The third-order valence-corrected chi connectivity index (χ3v) is 5.94. The Kier molecular flexibility index (Phi) is 6.44. The molecule has 34 heavy (non-hydrogen) atoms. The summed E-state index contributed by atoms with van der Waals surface area (Å²) in [7, 11) is 0. The Bertz CT molecular complexity index is 1230. The lowest BCUT2D eigenvalue weighted by Crippen LogP contribution is -2.37. The number of carbonyl (C=O) groups excluding carboxylic acids is 1. The van der Waals surface area contributed by atoms with Gasteiger partial charge in [0.1, 0.15) is 5.69 Å². The fraction of sp³-hybridized carbons (Fsp3) is 0.259. The molecule has 0 saturated carbocycles. The number of hydrogen-bond acceptors (Lipinski definition) is 6. The van der Waals surface area contributed by atoms with E-state index < -0.39 is 0 Å². The summed E-state index contributed by atoms with van der Waals surface area (Å²) in [4.78, 5) is 17.4. The lowest BCUT2D eigenvalue weighted by atomic mass is 10.0. The van der Waals surface area contributed by atoms with E-state index >= 15 is 0 Å². The number of furan rings is 1. The van der Waals surface area contributed by atoms with Crippen LogP contribution in [0.3, 0.4) is 0 Å². The van der Waals surface area contributed by atoms with Crippen LogP contribution in [-0.2, 0) is 17.8 Å². The first-order valence-corrected chi connectivity index (χ1v) is 11.4. The normalized spacial score (nSPS) is 13.7. The van der Waals surface area contributed by atoms with Gasteiger partial charge < -0.3 is 23.5 Å². The van der Waals surface area contributed by atoms with E-state index in [1.807, 2.05) is 55.5 Å². The van der Waals surface area contributed by atoms with Gasteiger partial charge in [-0.3, -0.25) is 4.79 Å². The maximum absolute atomic E-state index is 13.5. The minimum Gasteiger partial charge on any atom is -0.459 e. The zero-order valence-corrected chi connectivity index (χ0v) is 19.1. The van der Waals surface area contributed by atoms with E-state index in [1.165, 1.54) is 6.26 Å². The lowest BCUT2D eigenvalue weighted by molar-refractivity contribution is 0.0697. The van der Waals surface area contributed by atoms with Crippen LogP contribution in [0, 0.1) is 6.92 Å². The maximum atomic E-state index is 13.5. The molecule has 2 aromatic carbocycles. The SMILES string of the molecule is Cc1cccc(-c2noc(N3CCOCC3)c2CN(Cc2ccccc2)C(=O)c2ccco2)c1. The Morgan fingerprint density at radius 1 is 1.00 bits per heavy atom. The fourth-order valence-electron chi connectivity index (χ4n) is 4.23. The second-order valence-electron chi connectivity index (χ2n) is 8.41. The van der Waals surface area contributed by atoms with Gasteiger partial charge in [-0.2, -0.15) is 0 Å². The molecule has 7 nitrogen and oxygen atoms in total. The van der Waals surface area contributed by atoms with E-state index in [4.69, 9.17) is 13.7 Å². The van der Waals surface area contributed by atoms with Gasteiger partial charge >= 0.3 is 0 Å². The van der Waals surface area contributed by atoms with Crippen LogP contribution >= 0.6 is 0 Å². The van der Waals surface area contributed by atoms with Gasteiger partial charge in [-0.15, -0.1) is 0 Å². The van der Waals surface area contributed by atoms with Crippen LogP contribution in [-0.4, -0.2) is 42.3 Å². The standard InChI is InChI=1S/C27H27N3O4/c1-20-7-5-10-22(17-20)25-23(27(34-28-25)29-12-15-32-16-13-29)19-30(18-21-8-3-2-4-9-21)26(31)24-11-6-14-33-24/h2-11,14,17H,12-13,15-16,18-19H2,1H3. The van der Waals surface area contributed by atoms with Crippen molar-refractivity contribution in [3.63, 3.8) is 0 Å². The molecule has 1 aliphatic heterocycles. The van der Waals surface area contributed by atoms with Crippen LogP contribution in [0.4, 0.5) is 5.88 Å².